The fraction of sp³-hybridized carbons (Fsp3) is 0.567. The van der Waals surface area contributed by atoms with E-state index in [4.69, 9.17) is 2.74 Å². The van der Waals surface area contributed by atoms with E-state index in [0.29, 0.717) is 22.5 Å². The molecule has 0 amide bonds. The van der Waals surface area contributed by atoms with Crippen molar-refractivity contribution >= 4 is 12.5 Å². The zero-order chi connectivity index (χ0) is 37.2. The van der Waals surface area contributed by atoms with Gasteiger partial charge in [0.05, 0.1) is 0 Å². The maximum atomic E-state index is 14.0. The average Bonchev–Trinajstić information content (AvgIpc) is 2.87. The Kier molecular flexibility index (Phi) is 11.1. The van der Waals surface area contributed by atoms with Gasteiger partial charge in [0.2, 0.25) is 13.1 Å². The van der Waals surface area contributed by atoms with Crippen molar-refractivity contribution in [1.82, 2.24) is 4.98 Å². The van der Waals surface area contributed by atoms with Crippen LogP contribution in [-0.4, -0.2) is 52.8 Å². The van der Waals surface area contributed by atoms with Crippen LogP contribution in [-0.2, 0) is 20.4 Å². The van der Waals surface area contributed by atoms with E-state index in [9.17, 15) is 56.2 Å². The van der Waals surface area contributed by atoms with Crippen molar-refractivity contribution in [2.24, 2.45) is 0 Å². The highest BCUT2D eigenvalue weighted by Gasteiger charge is 2.62. The van der Waals surface area contributed by atoms with E-state index in [2.05, 4.69) is 4.98 Å². The zero-order valence-electron chi connectivity index (χ0n) is 28.4. The Morgan fingerprint density at radius 1 is 0.600 bits per heavy atom. The molecule has 250 valence electrons. The van der Waals surface area contributed by atoms with Crippen LogP contribution < -0.4 is 0 Å². The summed E-state index contributed by atoms with van der Waals surface area (Å²) >= 11 is 0. The van der Waals surface area contributed by atoms with Gasteiger partial charge in [0.1, 0.15) is 15.3 Å². The number of carbonyl (C=O) groups is 2. The molecular formula is C30H37F6N3O6. The molecule has 2 aromatic rings. The maximum absolute atomic E-state index is 14.0. The first-order valence-corrected chi connectivity index (χ1v) is 13.5. The third-order valence-corrected chi connectivity index (χ3v) is 8.76. The fourth-order valence-corrected chi connectivity index (χ4v) is 5.80. The second-order valence-electron chi connectivity index (χ2n) is 11.2. The summed E-state index contributed by atoms with van der Waals surface area (Å²) in [5, 5.41) is 21.9. The van der Waals surface area contributed by atoms with Gasteiger partial charge in [-0.15, -0.1) is 0 Å². The summed E-state index contributed by atoms with van der Waals surface area (Å²) in [5.41, 5.74) is -3.17. The van der Waals surface area contributed by atoms with E-state index in [0.717, 1.165) is 5.56 Å². The number of aldehydes is 2. The SMILES string of the molecule is [3H]C(=O)CC(C[N+](=O)[O-])(c1c(C)c(C)c(C)c(C)c1C)C(F)(F)F.[3H]C(=O)CC(C[N+](=O)[O-])(c1c(C)c(C)nc(C)c1C)C(F)(F)F. The number of alkyl halides is 6. The summed E-state index contributed by atoms with van der Waals surface area (Å²) in [4.78, 5) is 46.3. The number of nitrogens with zero attached hydrogens (tertiary/aromatic N) is 3. The molecule has 1 aromatic heterocycles. The highest BCUT2D eigenvalue weighted by Crippen LogP contribution is 2.48. The number of hydrogen-bond donors (Lipinski definition) is 0. The summed E-state index contributed by atoms with van der Waals surface area (Å²) in [6.45, 7) is 10.8. The standard InChI is InChI=1S/C16H20F3NO3.C14H17F3N2O3/c1-9-10(2)12(4)14(13(5)11(9)3)15(6-7-21,8-20(22)23)16(17,18)19;1-8-10(3)18-11(4)9(2)12(8)13(5-6-20,7-19(21)22)14(15,16)17/h7H,6,8H2,1-5H3;6H,5,7H2,1-4H3/i7T;6T. The monoisotopic (exact) mass is 653 g/mol. The molecule has 2 atom stereocenters. The zero-order valence-corrected chi connectivity index (χ0v) is 26.4. The number of aryl methyl sites for hydroxylation is 2. The van der Waals surface area contributed by atoms with Gasteiger partial charge in [-0.3, -0.25) is 25.2 Å². The minimum absolute atomic E-state index is 0.147. The Hall–Kier alpha value is -3.91. The van der Waals surface area contributed by atoms with Crippen LogP contribution in [0.15, 0.2) is 0 Å². The number of pyridine rings is 1. The fourth-order valence-electron chi connectivity index (χ4n) is 5.80. The molecule has 0 spiro atoms. The minimum Gasteiger partial charge on any atom is -0.303 e. The molecule has 0 bridgehead atoms. The van der Waals surface area contributed by atoms with Gasteiger partial charge in [-0.25, -0.2) is 0 Å². The normalized spacial score (nSPS) is 15.1. The van der Waals surface area contributed by atoms with Gasteiger partial charge in [0.25, 0.3) is 0 Å². The molecule has 0 radical (unpaired) electrons. The third kappa shape index (κ3) is 7.50. The number of nitro groups is 2. The van der Waals surface area contributed by atoms with Crippen molar-refractivity contribution in [1.29, 1.82) is 0 Å². The topological polar surface area (TPSA) is 133 Å². The van der Waals surface area contributed by atoms with Gasteiger partial charge < -0.3 is 9.59 Å². The van der Waals surface area contributed by atoms with Crippen LogP contribution in [0.5, 0.6) is 0 Å². The van der Waals surface area contributed by atoms with Crippen molar-refractivity contribution in [2.75, 3.05) is 13.1 Å². The molecule has 45 heavy (non-hydrogen) atoms. The highest BCUT2D eigenvalue weighted by atomic mass is 19.4. The van der Waals surface area contributed by atoms with Crippen molar-refractivity contribution in [3.05, 3.63) is 81.7 Å². The lowest BCUT2D eigenvalue weighted by Crippen LogP contribution is -2.49. The number of aromatic nitrogens is 1. The number of carbonyl (C=O) groups excluding carboxylic acids is 2. The number of hydrogen-bond acceptors (Lipinski definition) is 7. The predicted molar refractivity (Wildman–Crippen MR) is 154 cm³/mol. The lowest BCUT2D eigenvalue weighted by atomic mass is 9.71. The van der Waals surface area contributed by atoms with E-state index >= 15 is 0 Å². The predicted octanol–water partition coefficient (Wildman–Crippen LogP) is 6.88. The molecule has 2 unspecified atom stereocenters. The lowest BCUT2D eigenvalue weighted by molar-refractivity contribution is -0.501. The first kappa shape index (κ1) is 35.6. The van der Waals surface area contributed by atoms with Gasteiger partial charge in [-0.1, -0.05) is 0 Å². The second kappa shape index (κ2) is 14.0. The molecule has 0 saturated heterocycles. The van der Waals surface area contributed by atoms with Crippen LogP contribution in [0, 0.1) is 82.5 Å². The van der Waals surface area contributed by atoms with Crippen molar-refractivity contribution in [2.45, 2.75) is 98.3 Å². The molecule has 0 saturated carbocycles. The van der Waals surface area contributed by atoms with E-state index in [1.807, 2.05) is 0 Å². The lowest BCUT2D eigenvalue weighted by Gasteiger charge is -2.35. The van der Waals surface area contributed by atoms with Crippen LogP contribution in [0.25, 0.3) is 0 Å². The molecule has 1 aromatic carbocycles. The molecule has 2 rings (SSSR count). The Labute approximate surface area is 259 Å². The Balaban J connectivity index is 0.000000470. The highest BCUT2D eigenvalue weighted by molar-refractivity contribution is 5.60. The number of benzene rings is 1. The maximum Gasteiger partial charge on any atom is 0.405 e. The molecule has 9 nitrogen and oxygen atoms in total. The number of rotatable bonds is 10. The van der Waals surface area contributed by atoms with Gasteiger partial charge in [-0.2, -0.15) is 26.3 Å². The van der Waals surface area contributed by atoms with Crippen molar-refractivity contribution < 1.29 is 48.5 Å². The summed E-state index contributed by atoms with van der Waals surface area (Å²) in [6, 6.07) is 0. The van der Waals surface area contributed by atoms with Crippen LogP contribution in [0.1, 0.15) is 77.0 Å². The van der Waals surface area contributed by atoms with Crippen LogP contribution in [0.3, 0.4) is 0 Å². The van der Waals surface area contributed by atoms with Gasteiger partial charge in [0.15, 0.2) is 10.8 Å². The van der Waals surface area contributed by atoms with E-state index in [1.54, 1.807) is 20.8 Å². The average molecular weight is 654 g/mol. The van der Waals surface area contributed by atoms with E-state index < -0.39 is 71.5 Å². The van der Waals surface area contributed by atoms with E-state index in [1.165, 1.54) is 41.5 Å². The summed E-state index contributed by atoms with van der Waals surface area (Å²) in [7, 11) is 0. The quantitative estimate of drug-likeness (QED) is 0.118. The third-order valence-electron chi connectivity index (χ3n) is 8.76. The molecule has 15 heteroatoms. The second-order valence-corrected chi connectivity index (χ2v) is 11.2. The Morgan fingerprint density at radius 2 is 0.867 bits per heavy atom. The molecule has 0 N–H and O–H groups in total. The smallest absolute Gasteiger partial charge is 0.303 e. The molecular weight excluding hydrogens is 612 g/mol. The summed E-state index contributed by atoms with van der Waals surface area (Å²) in [6.07, 6.45) is -15.7. The molecule has 1 heterocycles. The largest absolute Gasteiger partial charge is 0.405 e. The van der Waals surface area contributed by atoms with Crippen LogP contribution >= 0.6 is 0 Å². The van der Waals surface area contributed by atoms with Crippen molar-refractivity contribution in [3.63, 3.8) is 0 Å². The van der Waals surface area contributed by atoms with Crippen LogP contribution in [0.2, 0.25) is 0 Å². The van der Waals surface area contributed by atoms with E-state index in [-0.39, 0.29) is 33.4 Å². The first-order chi connectivity index (χ1) is 21.1. The summed E-state index contributed by atoms with van der Waals surface area (Å²) < 4.78 is 97.4. The van der Waals surface area contributed by atoms with Gasteiger partial charge >= 0.3 is 12.4 Å². The molecule has 0 fully saturated rings. The Morgan fingerprint density at radius 3 is 1.11 bits per heavy atom. The van der Waals surface area contributed by atoms with Crippen LogP contribution in [0.4, 0.5) is 26.3 Å². The molecule has 0 aliphatic carbocycles. The molecule has 0 aliphatic rings. The van der Waals surface area contributed by atoms with Crippen molar-refractivity contribution in [3.8, 4) is 0 Å². The van der Waals surface area contributed by atoms with Gasteiger partial charge in [-0.05, 0) is 112 Å². The minimum atomic E-state index is -5.06. The molecule has 0 aliphatic heterocycles. The summed E-state index contributed by atoms with van der Waals surface area (Å²) in [5.74, 6) is 0. The Bertz CT molecular complexity index is 1500. The van der Waals surface area contributed by atoms with Gasteiger partial charge in [0, 0.05) is 34.1 Å². The number of halogens is 6. The first-order valence-electron chi connectivity index (χ1n) is 14.5.